The minimum absolute atomic E-state index is 0.145. The highest BCUT2D eigenvalue weighted by molar-refractivity contribution is 6.01. The Morgan fingerprint density at radius 3 is 2.30 bits per heavy atom. The molecule has 1 atom stereocenters. The molecular weight excluding hydrogens is 349 g/mol. The Kier molecular flexibility index (Phi) is 5.64. The summed E-state index contributed by atoms with van der Waals surface area (Å²) in [5.74, 6) is -1.30. The summed E-state index contributed by atoms with van der Waals surface area (Å²) in [5, 5.41) is 0. The summed E-state index contributed by atoms with van der Waals surface area (Å²) >= 11 is 0. The highest BCUT2D eigenvalue weighted by Gasteiger charge is 2.22. The van der Waals surface area contributed by atoms with Crippen molar-refractivity contribution in [2.24, 2.45) is 0 Å². The topological polar surface area (TPSA) is 63.7 Å². The first-order chi connectivity index (χ1) is 12.9. The standard InChI is InChI=1S/C21H20FNO4/c1-14(20(25)16-8-10-18(22)11-9-16)27-21(26)17-6-4-15(5-7-17)13-23-12-2-3-19(23)24/h4-11,14H,2-3,12-13H2,1H3/t14-/m1/s1. The third kappa shape index (κ3) is 4.58. The van der Waals surface area contributed by atoms with Crippen LogP contribution in [0.3, 0.4) is 0 Å². The summed E-state index contributed by atoms with van der Waals surface area (Å²) in [6.45, 7) is 2.76. The molecule has 1 fully saturated rings. The maximum Gasteiger partial charge on any atom is 0.338 e. The number of hydrogen-bond acceptors (Lipinski definition) is 4. The number of ketones is 1. The molecule has 0 unspecified atom stereocenters. The Morgan fingerprint density at radius 1 is 1.07 bits per heavy atom. The molecule has 0 N–H and O–H groups in total. The first kappa shape index (κ1) is 18.8. The lowest BCUT2D eigenvalue weighted by Gasteiger charge is -2.16. The van der Waals surface area contributed by atoms with Gasteiger partial charge in [-0.2, -0.15) is 0 Å². The second-order valence-corrected chi connectivity index (χ2v) is 6.53. The lowest BCUT2D eigenvalue weighted by Crippen LogP contribution is -2.25. The lowest BCUT2D eigenvalue weighted by molar-refractivity contribution is -0.128. The predicted octanol–water partition coefficient (Wildman–Crippen LogP) is 3.38. The minimum Gasteiger partial charge on any atom is -0.451 e. The van der Waals surface area contributed by atoms with E-state index >= 15 is 0 Å². The molecule has 2 aromatic rings. The van der Waals surface area contributed by atoms with Crippen LogP contribution in [0.1, 0.15) is 46.0 Å². The summed E-state index contributed by atoms with van der Waals surface area (Å²) in [6, 6.07) is 11.9. The van der Waals surface area contributed by atoms with Gasteiger partial charge in [-0.25, -0.2) is 9.18 Å². The summed E-state index contributed by atoms with van der Waals surface area (Å²) < 4.78 is 18.2. The van der Waals surface area contributed by atoms with E-state index in [1.165, 1.54) is 31.2 Å². The van der Waals surface area contributed by atoms with Crippen LogP contribution in [0.4, 0.5) is 4.39 Å². The van der Waals surface area contributed by atoms with Crippen molar-refractivity contribution in [1.82, 2.24) is 4.90 Å². The molecule has 1 aliphatic rings. The fourth-order valence-corrected chi connectivity index (χ4v) is 2.97. The van der Waals surface area contributed by atoms with E-state index in [9.17, 15) is 18.8 Å². The Bertz CT molecular complexity index is 845. The molecule has 0 spiro atoms. The van der Waals surface area contributed by atoms with Gasteiger partial charge in [-0.1, -0.05) is 12.1 Å². The Labute approximate surface area is 156 Å². The van der Waals surface area contributed by atoms with E-state index in [4.69, 9.17) is 4.74 Å². The quantitative estimate of drug-likeness (QED) is 0.578. The molecule has 0 bridgehead atoms. The number of nitrogens with zero attached hydrogens (tertiary/aromatic N) is 1. The van der Waals surface area contributed by atoms with E-state index in [1.807, 2.05) is 0 Å². The van der Waals surface area contributed by atoms with Crippen LogP contribution < -0.4 is 0 Å². The number of halogens is 1. The number of carbonyl (C=O) groups is 3. The molecule has 1 saturated heterocycles. The van der Waals surface area contributed by atoms with Gasteiger partial charge in [0, 0.05) is 25.1 Å². The summed E-state index contributed by atoms with van der Waals surface area (Å²) in [5.41, 5.74) is 1.53. The second-order valence-electron chi connectivity index (χ2n) is 6.53. The van der Waals surface area contributed by atoms with Crippen molar-refractivity contribution in [3.63, 3.8) is 0 Å². The zero-order valence-corrected chi connectivity index (χ0v) is 15.0. The number of benzene rings is 2. The third-order valence-electron chi connectivity index (χ3n) is 4.52. The fourth-order valence-electron chi connectivity index (χ4n) is 2.97. The van der Waals surface area contributed by atoms with Crippen molar-refractivity contribution in [3.05, 3.63) is 71.0 Å². The van der Waals surface area contributed by atoms with E-state index < -0.39 is 23.7 Å². The summed E-state index contributed by atoms with van der Waals surface area (Å²) in [4.78, 5) is 38.0. The lowest BCUT2D eigenvalue weighted by atomic mass is 10.1. The van der Waals surface area contributed by atoms with Gasteiger partial charge in [0.1, 0.15) is 5.82 Å². The molecule has 0 saturated carbocycles. The molecule has 0 radical (unpaired) electrons. The number of likely N-dealkylation sites (tertiary alicyclic amines) is 1. The zero-order chi connectivity index (χ0) is 19.4. The number of rotatable bonds is 6. The number of hydrogen-bond donors (Lipinski definition) is 0. The molecule has 1 amide bonds. The zero-order valence-electron chi connectivity index (χ0n) is 15.0. The number of esters is 1. The van der Waals surface area contributed by atoms with Gasteiger partial charge in [-0.05, 0) is 55.3 Å². The largest absolute Gasteiger partial charge is 0.451 e. The van der Waals surface area contributed by atoms with Crippen LogP contribution in [0.5, 0.6) is 0 Å². The molecule has 6 heteroatoms. The van der Waals surface area contributed by atoms with Crippen molar-refractivity contribution in [2.75, 3.05) is 6.54 Å². The first-order valence-electron chi connectivity index (χ1n) is 8.81. The second kappa shape index (κ2) is 8.12. The third-order valence-corrected chi connectivity index (χ3v) is 4.52. The molecule has 27 heavy (non-hydrogen) atoms. The van der Waals surface area contributed by atoms with E-state index in [-0.39, 0.29) is 11.5 Å². The number of ether oxygens (including phenoxy) is 1. The van der Waals surface area contributed by atoms with Crippen LogP contribution in [0.15, 0.2) is 48.5 Å². The normalized spacial score (nSPS) is 14.9. The average Bonchev–Trinajstić information content (AvgIpc) is 3.07. The van der Waals surface area contributed by atoms with Gasteiger partial charge >= 0.3 is 5.97 Å². The van der Waals surface area contributed by atoms with Gasteiger partial charge in [0.25, 0.3) is 0 Å². The van der Waals surface area contributed by atoms with Crippen LogP contribution in [-0.2, 0) is 16.1 Å². The molecule has 2 aromatic carbocycles. The van der Waals surface area contributed by atoms with Crippen LogP contribution in [0.25, 0.3) is 0 Å². The van der Waals surface area contributed by atoms with E-state index in [0.29, 0.717) is 18.5 Å². The van der Waals surface area contributed by atoms with Crippen molar-refractivity contribution in [2.45, 2.75) is 32.4 Å². The predicted molar refractivity (Wildman–Crippen MR) is 96.7 cm³/mol. The molecule has 1 aliphatic heterocycles. The molecule has 5 nitrogen and oxygen atoms in total. The van der Waals surface area contributed by atoms with Crippen molar-refractivity contribution in [1.29, 1.82) is 0 Å². The Morgan fingerprint density at radius 2 is 1.70 bits per heavy atom. The molecule has 0 aromatic heterocycles. The van der Waals surface area contributed by atoms with E-state index in [2.05, 4.69) is 0 Å². The first-order valence-corrected chi connectivity index (χ1v) is 8.81. The summed E-state index contributed by atoms with van der Waals surface area (Å²) in [7, 11) is 0. The van der Waals surface area contributed by atoms with Gasteiger partial charge < -0.3 is 9.64 Å². The van der Waals surface area contributed by atoms with E-state index in [1.54, 1.807) is 29.2 Å². The van der Waals surface area contributed by atoms with Crippen LogP contribution >= 0.6 is 0 Å². The highest BCUT2D eigenvalue weighted by atomic mass is 19.1. The fraction of sp³-hybridized carbons (Fsp3) is 0.286. The number of Topliss-reactive ketones (excluding diaryl/α,β-unsaturated/α-hetero) is 1. The average molecular weight is 369 g/mol. The van der Waals surface area contributed by atoms with Gasteiger partial charge in [-0.15, -0.1) is 0 Å². The smallest absolute Gasteiger partial charge is 0.338 e. The van der Waals surface area contributed by atoms with Crippen molar-refractivity contribution < 1.29 is 23.5 Å². The monoisotopic (exact) mass is 369 g/mol. The van der Waals surface area contributed by atoms with Crippen LogP contribution in [0, 0.1) is 5.82 Å². The SMILES string of the molecule is C[C@@H](OC(=O)c1ccc(CN2CCCC2=O)cc1)C(=O)c1ccc(F)cc1. The van der Waals surface area contributed by atoms with Crippen LogP contribution in [0.2, 0.25) is 0 Å². The molecular formula is C21H20FNO4. The van der Waals surface area contributed by atoms with Gasteiger partial charge in [0.15, 0.2) is 6.10 Å². The molecule has 1 heterocycles. The van der Waals surface area contributed by atoms with Gasteiger partial charge in [0.2, 0.25) is 11.7 Å². The Balaban J connectivity index is 1.59. The maximum absolute atomic E-state index is 12.9. The van der Waals surface area contributed by atoms with Crippen molar-refractivity contribution >= 4 is 17.7 Å². The maximum atomic E-state index is 12.9. The number of carbonyl (C=O) groups excluding carboxylic acids is 3. The minimum atomic E-state index is -0.982. The Hall–Kier alpha value is -3.02. The molecule has 0 aliphatic carbocycles. The van der Waals surface area contributed by atoms with Crippen molar-refractivity contribution in [3.8, 4) is 0 Å². The van der Waals surface area contributed by atoms with E-state index in [0.717, 1.165) is 18.5 Å². The van der Waals surface area contributed by atoms with Gasteiger partial charge in [-0.3, -0.25) is 9.59 Å². The van der Waals surface area contributed by atoms with Gasteiger partial charge in [0.05, 0.1) is 5.56 Å². The summed E-state index contributed by atoms with van der Waals surface area (Å²) in [6.07, 6.45) is 0.484. The molecule has 3 rings (SSSR count). The number of amides is 1. The highest BCUT2D eigenvalue weighted by Crippen LogP contribution is 2.16. The van der Waals surface area contributed by atoms with Crippen LogP contribution in [-0.4, -0.2) is 35.2 Å². The molecule has 140 valence electrons.